The molecule has 0 aliphatic rings. The van der Waals surface area contributed by atoms with Crippen molar-refractivity contribution in [3.63, 3.8) is 0 Å². The molecule has 0 saturated carbocycles. The number of rotatable bonds is 6. The average molecular weight is 286 g/mol. The van der Waals surface area contributed by atoms with Gasteiger partial charge in [-0.1, -0.05) is 69.2 Å². The minimum atomic E-state index is -1.38. The molecule has 2 nitrogen and oxygen atoms in total. The summed E-state index contributed by atoms with van der Waals surface area (Å²) >= 11 is 0. The van der Waals surface area contributed by atoms with Gasteiger partial charge in [-0.2, -0.15) is 5.10 Å². The van der Waals surface area contributed by atoms with E-state index >= 15 is 0 Å². The SMILES string of the molecule is CC[Si](CC)(CC)c1c(C)cnn1Cc1ccccc1. The van der Waals surface area contributed by atoms with E-state index in [0.717, 1.165) is 6.54 Å². The van der Waals surface area contributed by atoms with E-state index in [0.29, 0.717) is 0 Å². The molecule has 3 heteroatoms. The standard InChI is InChI=1S/C17H26N2Si/c1-5-20(6-2,7-3)17-15(4)13-18-19(17)14-16-11-9-8-10-12-16/h8-13H,5-7,14H2,1-4H3. The van der Waals surface area contributed by atoms with Gasteiger partial charge >= 0.3 is 0 Å². The maximum atomic E-state index is 4.67. The van der Waals surface area contributed by atoms with Gasteiger partial charge < -0.3 is 0 Å². The Bertz CT molecular complexity index is 533. The van der Waals surface area contributed by atoms with E-state index in [1.165, 1.54) is 29.3 Å². The van der Waals surface area contributed by atoms with Gasteiger partial charge in [-0.05, 0) is 18.1 Å². The molecule has 1 heterocycles. The number of aryl methyl sites for hydroxylation is 1. The Hall–Kier alpha value is -1.35. The summed E-state index contributed by atoms with van der Waals surface area (Å²) < 4.78 is 2.27. The second kappa shape index (κ2) is 6.40. The molecule has 20 heavy (non-hydrogen) atoms. The van der Waals surface area contributed by atoms with Crippen LogP contribution in [-0.4, -0.2) is 17.9 Å². The Kier molecular flexibility index (Phi) is 4.81. The van der Waals surface area contributed by atoms with E-state index in [9.17, 15) is 0 Å². The van der Waals surface area contributed by atoms with Crippen molar-refractivity contribution < 1.29 is 0 Å². The predicted octanol–water partition coefficient (Wildman–Crippen LogP) is 3.96. The lowest BCUT2D eigenvalue weighted by atomic mass is 10.2. The van der Waals surface area contributed by atoms with Crippen molar-refractivity contribution in [2.24, 2.45) is 0 Å². The van der Waals surface area contributed by atoms with Gasteiger partial charge in [-0.25, -0.2) is 0 Å². The van der Waals surface area contributed by atoms with Gasteiger partial charge in [0.15, 0.2) is 0 Å². The largest absolute Gasteiger partial charge is 0.269 e. The Morgan fingerprint density at radius 3 is 2.15 bits per heavy atom. The summed E-state index contributed by atoms with van der Waals surface area (Å²) in [7, 11) is -1.38. The highest BCUT2D eigenvalue weighted by molar-refractivity contribution is 6.91. The molecular weight excluding hydrogens is 260 g/mol. The summed E-state index contributed by atoms with van der Waals surface area (Å²) in [6.07, 6.45) is 2.06. The third kappa shape index (κ3) is 2.73. The molecule has 0 atom stereocenters. The fraction of sp³-hybridized carbons (Fsp3) is 0.471. The van der Waals surface area contributed by atoms with Gasteiger partial charge in [0.25, 0.3) is 0 Å². The van der Waals surface area contributed by atoms with Crippen molar-refractivity contribution >= 4 is 13.4 Å². The Balaban J connectivity index is 2.41. The summed E-state index contributed by atoms with van der Waals surface area (Å²) in [6, 6.07) is 14.6. The van der Waals surface area contributed by atoms with E-state index in [4.69, 9.17) is 0 Å². The molecule has 2 aromatic rings. The fourth-order valence-corrected chi connectivity index (χ4v) is 7.39. The third-order valence-corrected chi connectivity index (χ3v) is 10.4. The topological polar surface area (TPSA) is 17.8 Å². The Labute approximate surface area is 123 Å². The molecule has 0 saturated heterocycles. The maximum absolute atomic E-state index is 4.67. The number of aromatic nitrogens is 2. The minimum Gasteiger partial charge on any atom is -0.269 e. The molecule has 0 fully saturated rings. The molecule has 0 aliphatic heterocycles. The van der Waals surface area contributed by atoms with Crippen LogP contribution in [0.2, 0.25) is 18.1 Å². The van der Waals surface area contributed by atoms with Crippen molar-refractivity contribution in [3.8, 4) is 0 Å². The zero-order valence-electron chi connectivity index (χ0n) is 13.2. The lowest BCUT2D eigenvalue weighted by Gasteiger charge is -2.30. The lowest BCUT2D eigenvalue weighted by Crippen LogP contribution is -2.51. The first-order valence-corrected chi connectivity index (χ1v) is 10.4. The highest BCUT2D eigenvalue weighted by atomic mass is 28.3. The van der Waals surface area contributed by atoms with E-state index in [-0.39, 0.29) is 0 Å². The van der Waals surface area contributed by atoms with Gasteiger partial charge in [0.05, 0.1) is 12.7 Å². The van der Waals surface area contributed by atoms with Gasteiger partial charge in [0.1, 0.15) is 8.07 Å². The van der Waals surface area contributed by atoms with Gasteiger partial charge in [-0.3, -0.25) is 4.68 Å². The van der Waals surface area contributed by atoms with Crippen LogP contribution < -0.4 is 5.32 Å². The summed E-state index contributed by atoms with van der Waals surface area (Å²) in [4.78, 5) is 0. The van der Waals surface area contributed by atoms with Crippen LogP contribution in [0.25, 0.3) is 0 Å². The molecule has 0 N–H and O–H groups in total. The molecule has 0 radical (unpaired) electrons. The maximum Gasteiger partial charge on any atom is 0.109 e. The molecule has 0 aliphatic carbocycles. The summed E-state index contributed by atoms with van der Waals surface area (Å²) in [5, 5.41) is 6.24. The number of nitrogens with zero attached hydrogens (tertiary/aromatic N) is 2. The van der Waals surface area contributed by atoms with Gasteiger partial charge in [0, 0.05) is 5.32 Å². The molecule has 2 rings (SSSR count). The zero-order valence-corrected chi connectivity index (χ0v) is 14.2. The zero-order chi connectivity index (χ0) is 14.6. The second-order valence-electron chi connectivity index (χ2n) is 5.66. The van der Waals surface area contributed by atoms with Crippen molar-refractivity contribution in [1.29, 1.82) is 0 Å². The highest BCUT2D eigenvalue weighted by Crippen LogP contribution is 2.22. The molecule has 1 aromatic carbocycles. The highest BCUT2D eigenvalue weighted by Gasteiger charge is 2.34. The fourth-order valence-electron chi connectivity index (χ4n) is 3.30. The monoisotopic (exact) mass is 286 g/mol. The van der Waals surface area contributed by atoms with Crippen LogP contribution in [0.4, 0.5) is 0 Å². The average Bonchev–Trinajstić information content (AvgIpc) is 2.85. The normalized spacial score (nSPS) is 11.8. The molecule has 1 aromatic heterocycles. The first-order chi connectivity index (χ1) is 9.66. The van der Waals surface area contributed by atoms with E-state index in [1.54, 1.807) is 5.32 Å². The van der Waals surface area contributed by atoms with Crippen LogP contribution in [0.3, 0.4) is 0 Å². The quantitative estimate of drug-likeness (QED) is 0.735. The Morgan fingerprint density at radius 2 is 1.60 bits per heavy atom. The van der Waals surface area contributed by atoms with Crippen LogP contribution in [0.5, 0.6) is 0 Å². The smallest absolute Gasteiger partial charge is 0.109 e. The Morgan fingerprint density at radius 1 is 1.00 bits per heavy atom. The first kappa shape index (κ1) is 15.0. The molecule has 0 bridgehead atoms. The molecule has 0 spiro atoms. The van der Waals surface area contributed by atoms with E-state index in [2.05, 4.69) is 74.0 Å². The summed E-state index contributed by atoms with van der Waals surface area (Å²) in [5.74, 6) is 0. The molecule has 0 unspecified atom stereocenters. The van der Waals surface area contributed by atoms with Crippen LogP contribution in [0.15, 0.2) is 36.5 Å². The molecular formula is C17H26N2Si. The van der Waals surface area contributed by atoms with Crippen LogP contribution in [0.1, 0.15) is 31.9 Å². The van der Waals surface area contributed by atoms with Crippen molar-refractivity contribution in [2.45, 2.75) is 52.4 Å². The van der Waals surface area contributed by atoms with Gasteiger partial charge in [0.2, 0.25) is 0 Å². The number of benzene rings is 1. The van der Waals surface area contributed by atoms with Crippen molar-refractivity contribution in [1.82, 2.24) is 9.78 Å². The predicted molar refractivity (Wildman–Crippen MR) is 89.3 cm³/mol. The molecule has 108 valence electrons. The van der Waals surface area contributed by atoms with Crippen LogP contribution in [0, 0.1) is 6.92 Å². The first-order valence-electron chi connectivity index (χ1n) is 7.73. The van der Waals surface area contributed by atoms with E-state index < -0.39 is 8.07 Å². The van der Waals surface area contributed by atoms with E-state index in [1.807, 2.05) is 0 Å². The van der Waals surface area contributed by atoms with Crippen molar-refractivity contribution in [2.75, 3.05) is 0 Å². The molecule has 0 amide bonds. The summed E-state index contributed by atoms with van der Waals surface area (Å²) in [5.41, 5.74) is 2.72. The summed E-state index contributed by atoms with van der Waals surface area (Å²) in [6.45, 7) is 10.2. The van der Waals surface area contributed by atoms with Crippen molar-refractivity contribution in [3.05, 3.63) is 47.7 Å². The number of hydrogen-bond donors (Lipinski definition) is 0. The second-order valence-corrected chi connectivity index (χ2v) is 10.8. The van der Waals surface area contributed by atoms with Crippen LogP contribution in [-0.2, 0) is 6.54 Å². The minimum absolute atomic E-state index is 0.902. The number of hydrogen-bond acceptors (Lipinski definition) is 1. The van der Waals surface area contributed by atoms with Gasteiger partial charge in [-0.15, -0.1) is 0 Å². The lowest BCUT2D eigenvalue weighted by molar-refractivity contribution is 0.701. The third-order valence-electron chi connectivity index (χ3n) is 4.73. The van der Waals surface area contributed by atoms with Crippen LogP contribution >= 0.6 is 0 Å².